The van der Waals surface area contributed by atoms with Gasteiger partial charge in [-0.25, -0.2) is 4.79 Å². The van der Waals surface area contributed by atoms with Gasteiger partial charge in [0.1, 0.15) is 12.7 Å². The highest BCUT2D eigenvalue weighted by atomic mass is 16.6. The van der Waals surface area contributed by atoms with E-state index in [2.05, 4.69) is 14.8 Å². The van der Waals surface area contributed by atoms with E-state index >= 15 is 0 Å². The summed E-state index contributed by atoms with van der Waals surface area (Å²) in [5.74, 6) is -0.667. The molecule has 0 aliphatic carbocycles. The summed E-state index contributed by atoms with van der Waals surface area (Å²) in [7, 11) is 0. The van der Waals surface area contributed by atoms with Crippen LogP contribution in [-0.2, 0) is 19.0 Å². The maximum absolute atomic E-state index is 10.8. The summed E-state index contributed by atoms with van der Waals surface area (Å²) in [5.41, 5.74) is 7.97. The highest BCUT2D eigenvalue weighted by Crippen LogP contribution is 1.87. The number of ether oxygens (including phenoxy) is 3. The van der Waals surface area contributed by atoms with Gasteiger partial charge in [-0.3, -0.25) is 0 Å². The lowest BCUT2D eigenvalue weighted by atomic mass is 10.4. The molecule has 1 atom stereocenters. The van der Waals surface area contributed by atoms with Crippen LogP contribution in [0, 0.1) is 0 Å². The summed E-state index contributed by atoms with van der Waals surface area (Å²) in [6.45, 7) is 3.07. The first-order valence-corrected chi connectivity index (χ1v) is 5.19. The second-order valence-electron chi connectivity index (χ2n) is 3.02. The number of azide groups is 1. The van der Waals surface area contributed by atoms with Crippen LogP contribution in [0.4, 0.5) is 0 Å². The lowest BCUT2D eigenvalue weighted by Gasteiger charge is -2.07. The molecule has 0 amide bonds. The minimum atomic E-state index is -1.11. The normalized spacial score (nSPS) is 11.6. The van der Waals surface area contributed by atoms with Crippen molar-refractivity contribution in [2.75, 3.05) is 39.6 Å². The molecule has 17 heavy (non-hydrogen) atoms. The Bertz CT molecular complexity index is 253. The molecule has 0 aromatic heterocycles. The van der Waals surface area contributed by atoms with Crippen molar-refractivity contribution in [3.8, 4) is 0 Å². The molecular formula is C9H17N3O5. The van der Waals surface area contributed by atoms with Crippen molar-refractivity contribution in [1.82, 2.24) is 0 Å². The fourth-order valence-electron chi connectivity index (χ4n) is 0.794. The van der Waals surface area contributed by atoms with E-state index in [1.807, 2.05) is 0 Å². The van der Waals surface area contributed by atoms with Gasteiger partial charge < -0.3 is 19.3 Å². The Morgan fingerprint density at radius 1 is 1.29 bits per heavy atom. The molecule has 0 spiro atoms. The lowest BCUT2D eigenvalue weighted by molar-refractivity contribution is -0.154. The van der Waals surface area contributed by atoms with E-state index < -0.39 is 12.1 Å². The number of nitrogens with zero attached hydrogens (tertiary/aromatic N) is 3. The van der Waals surface area contributed by atoms with Crippen molar-refractivity contribution in [3.05, 3.63) is 10.4 Å². The summed E-state index contributed by atoms with van der Waals surface area (Å²) in [5, 5.41) is 12.1. The van der Waals surface area contributed by atoms with E-state index in [4.69, 9.17) is 20.1 Å². The smallest absolute Gasteiger partial charge is 0.334 e. The first-order chi connectivity index (χ1) is 8.18. The Morgan fingerprint density at radius 3 is 2.47 bits per heavy atom. The monoisotopic (exact) mass is 247 g/mol. The Kier molecular flexibility index (Phi) is 10.3. The average molecular weight is 247 g/mol. The van der Waals surface area contributed by atoms with E-state index in [9.17, 15) is 4.79 Å². The molecule has 0 aromatic rings. The van der Waals surface area contributed by atoms with Gasteiger partial charge in [0.05, 0.1) is 26.4 Å². The van der Waals surface area contributed by atoms with E-state index in [0.717, 1.165) is 0 Å². The first kappa shape index (κ1) is 15.7. The zero-order valence-corrected chi connectivity index (χ0v) is 9.74. The van der Waals surface area contributed by atoms with Gasteiger partial charge in [0.2, 0.25) is 0 Å². The molecule has 8 nitrogen and oxygen atoms in total. The van der Waals surface area contributed by atoms with Crippen LogP contribution in [0.5, 0.6) is 0 Å². The molecule has 0 aliphatic rings. The predicted octanol–water partition coefficient (Wildman–Crippen LogP) is 0.254. The molecule has 0 aliphatic heterocycles. The van der Waals surface area contributed by atoms with Crippen LogP contribution in [0.15, 0.2) is 5.11 Å². The molecule has 0 fully saturated rings. The standard InChI is InChI=1S/C9H17N3O5/c1-8(13)9(14)17-7-6-16-5-4-15-3-2-11-12-10/h8,13H,2-7H2,1H3. The highest BCUT2D eigenvalue weighted by Gasteiger charge is 2.08. The number of hydrogen-bond acceptors (Lipinski definition) is 6. The Morgan fingerprint density at radius 2 is 1.88 bits per heavy atom. The summed E-state index contributed by atoms with van der Waals surface area (Å²) < 4.78 is 14.8. The second-order valence-corrected chi connectivity index (χ2v) is 3.02. The predicted molar refractivity (Wildman–Crippen MR) is 58.3 cm³/mol. The van der Waals surface area contributed by atoms with Gasteiger partial charge >= 0.3 is 5.97 Å². The number of hydrogen-bond donors (Lipinski definition) is 1. The fourth-order valence-corrected chi connectivity index (χ4v) is 0.794. The van der Waals surface area contributed by atoms with Crippen LogP contribution in [-0.4, -0.2) is 56.8 Å². The van der Waals surface area contributed by atoms with Gasteiger partial charge in [-0.05, 0) is 12.5 Å². The van der Waals surface area contributed by atoms with Crippen molar-refractivity contribution in [2.45, 2.75) is 13.0 Å². The Balaban J connectivity index is 3.13. The summed E-state index contributed by atoms with van der Waals surface area (Å²) >= 11 is 0. The van der Waals surface area contributed by atoms with Gasteiger partial charge in [0.25, 0.3) is 0 Å². The average Bonchev–Trinajstić information content (AvgIpc) is 2.31. The maximum atomic E-state index is 10.8. The minimum Gasteiger partial charge on any atom is -0.461 e. The SMILES string of the molecule is CC(O)C(=O)OCCOCCOCCN=[N+]=[N-]. The van der Waals surface area contributed by atoms with Crippen LogP contribution in [0.3, 0.4) is 0 Å². The summed E-state index contributed by atoms with van der Waals surface area (Å²) in [4.78, 5) is 13.4. The molecule has 8 heteroatoms. The fraction of sp³-hybridized carbons (Fsp3) is 0.889. The van der Waals surface area contributed by atoms with Gasteiger partial charge in [0, 0.05) is 11.5 Å². The lowest BCUT2D eigenvalue weighted by Crippen LogP contribution is -2.21. The van der Waals surface area contributed by atoms with Crippen LogP contribution in [0.25, 0.3) is 10.4 Å². The van der Waals surface area contributed by atoms with Gasteiger partial charge in [-0.1, -0.05) is 5.11 Å². The third-order valence-electron chi connectivity index (χ3n) is 1.58. The maximum Gasteiger partial charge on any atom is 0.334 e. The topological polar surface area (TPSA) is 114 Å². The van der Waals surface area contributed by atoms with Crippen LogP contribution >= 0.6 is 0 Å². The molecule has 0 rings (SSSR count). The van der Waals surface area contributed by atoms with Crippen molar-refractivity contribution in [3.63, 3.8) is 0 Å². The molecule has 1 unspecified atom stereocenters. The molecule has 0 radical (unpaired) electrons. The Labute approximate surface area is 99.1 Å². The van der Waals surface area contributed by atoms with Crippen LogP contribution < -0.4 is 0 Å². The van der Waals surface area contributed by atoms with Gasteiger partial charge in [-0.2, -0.15) is 0 Å². The number of aliphatic hydroxyl groups is 1. The molecule has 0 saturated carbocycles. The summed E-state index contributed by atoms with van der Waals surface area (Å²) in [6, 6.07) is 0. The van der Waals surface area contributed by atoms with Crippen molar-refractivity contribution >= 4 is 5.97 Å². The van der Waals surface area contributed by atoms with Crippen LogP contribution in [0.2, 0.25) is 0 Å². The van der Waals surface area contributed by atoms with Gasteiger partial charge in [0.15, 0.2) is 0 Å². The van der Waals surface area contributed by atoms with Crippen molar-refractivity contribution in [2.24, 2.45) is 5.11 Å². The van der Waals surface area contributed by atoms with E-state index in [1.54, 1.807) is 0 Å². The van der Waals surface area contributed by atoms with Crippen molar-refractivity contribution in [1.29, 1.82) is 0 Å². The summed E-state index contributed by atoms with van der Waals surface area (Å²) in [6.07, 6.45) is -1.11. The molecule has 0 aromatic carbocycles. The van der Waals surface area contributed by atoms with E-state index in [1.165, 1.54) is 6.92 Å². The van der Waals surface area contributed by atoms with Gasteiger partial charge in [-0.15, -0.1) is 0 Å². The van der Waals surface area contributed by atoms with E-state index in [-0.39, 0.29) is 13.2 Å². The first-order valence-electron chi connectivity index (χ1n) is 5.19. The number of aliphatic hydroxyl groups excluding tert-OH is 1. The Hall–Kier alpha value is -1.34. The minimum absolute atomic E-state index is 0.0997. The second kappa shape index (κ2) is 11.2. The zero-order chi connectivity index (χ0) is 12.9. The van der Waals surface area contributed by atoms with Crippen LogP contribution in [0.1, 0.15) is 6.92 Å². The molecule has 0 saturated heterocycles. The molecule has 98 valence electrons. The number of rotatable bonds is 10. The highest BCUT2D eigenvalue weighted by molar-refractivity contribution is 5.73. The number of carbonyl (C=O) groups is 1. The van der Waals surface area contributed by atoms with Crippen molar-refractivity contribution < 1.29 is 24.1 Å². The number of esters is 1. The third-order valence-corrected chi connectivity index (χ3v) is 1.58. The number of carbonyl (C=O) groups excluding carboxylic acids is 1. The third kappa shape index (κ3) is 10.9. The molecule has 0 heterocycles. The molecular weight excluding hydrogens is 230 g/mol. The van der Waals surface area contributed by atoms with E-state index in [0.29, 0.717) is 26.4 Å². The molecule has 0 bridgehead atoms. The zero-order valence-electron chi connectivity index (χ0n) is 9.74. The quantitative estimate of drug-likeness (QED) is 0.195. The molecule has 1 N–H and O–H groups in total. The largest absolute Gasteiger partial charge is 0.461 e.